The Morgan fingerprint density at radius 3 is 1.09 bits per heavy atom. The van der Waals surface area contributed by atoms with Gasteiger partial charge in [0.25, 0.3) is 0 Å². The van der Waals surface area contributed by atoms with E-state index in [2.05, 4.69) is 164 Å². The Hall–Kier alpha value is -7.23. The predicted molar refractivity (Wildman–Crippen MR) is 233 cm³/mol. The van der Waals surface area contributed by atoms with Gasteiger partial charge in [-0.25, -0.2) is 15.0 Å². The van der Waals surface area contributed by atoms with Crippen LogP contribution in [0.3, 0.4) is 0 Å². The van der Waals surface area contributed by atoms with Crippen LogP contribution >= 0.6 is 0 Å². The first-order valence-electron chi connectivity index (χ1n) is 18.7. The molecule has 1 aromatic heterocycles. The largest absolute Gasteiger partial charge is 0.208 e. The maximum absolute atomic E-state index is 5.06. The van der Waals surface area contributed by atoms with Gasteiger partial charge in [-0.3, -0.25) is 0 Å². The van der Waals surface area contributed by atoms with Crippen LogP contribution in [-0.4, -0.2) is 15.0 Å². The number of aromatic nitrogens is 3. The van der Waals surface area contributed by atoms with Crippen molar-refractivity contribution in [2.75, 3.05) is 0 Å². The fourth-order valence-electron chi connectivity index (χ4n) is 7.87. The zero-order valence-corrected chi connectivity index (χ0v) is 30.1. The molecule has 0 amide bonds. The van der Waals surface area contributed by atoms with Crippen molar-refractivity contribution in [2.24, 2.45) is 0 Å². The van der Waals surface area contributed by atoms with Gasteiger partial charge in [0.2, 0.25) is 0 Å². The van der Waals surface area contributed by atoms with E-state index >= 15 is 0 Å². The summed E-state index contributed by atoms with van der Waals surface area (Å²) in [7, 11) is 0. The maximum Gasteiger partial charge on any atom is 0.164 e. The van der Waals surface area contributed by atoms with Gasteiger partial charge in [0, 0.05) is 16.7 Å². The Balaban J connectivity index is 0.00000410. The van der Waals surface area contributed by atoms with Crippen LogP contribution in [0.2, 0.25) is 0 Å². The van der Waals surface area contributed by atoms with Crippen molar-refractivity contribution in [2.45, 2.75) is 13.8 Å². The molecule has 8 aromatic carbocycles. The molecule has 3 heteroatoms. The van der Waals surface area contributed by atoms with Crippen LogP contribution in [0.4, 0.5) is 0 Å². The number of hydrogen-bond acceptors (Lipinski definition) is 3. The highest BCUT2D eigenvalue weighted by Crippen LogP contribution is 2.45. The first-order chi connectivity index (χ1) is 27.2. The first kappa shape index (κ1) is 34.5. The van der Waals surface area contributed by atoms with Crippen LogP contribution in [-0.2, 0) is 6.42 Å². The average Bonchev–Trinajstić information content (AvgIpc) is 3.67. The quantitative estimate of drug-likeness (QED) is 0.165. The lowest BCUT2D eigenvalue weighted by molar-refractivity contribution is 1.07. The number of hydrogen-bond donors (Lipinski definition) is 0. The maximum atomic E-state index is 5.06. The van der Waals surface area contributed by atoms with Crippen LogP contribution in [0, 0.1) is 0 Å². The molecule has 0 saturated heterocycles. The molecule has 10 rings (SSSR count). The summed E-state index contributed by atoms with van der Waals surface area (Å²) in [5.41, 5.74) is 17.9. The monoisotopic (exact) mass is 717 g/mol. The van der Waals surface area contributed by atoms with Crippen LogP contribution in [0.15, 0.2) is 200 Å². The molecule has 266 valence electrons. The summed E-state index contributed by atoms with van der Waals surface area (Å²) in [6.07, 6.45) is 0.887. The normalized spacial score (nSPS) is 11.4. The molecule has 0 saturated carbocycles. The van der Waals surface area contributed by atoms with E-state index in [9.17, 15) is 0 Å². The molecule has 56 heavy (non-hydrogen) atoms. The zero-order chi connectivity index (χ0) is 36.6. The lowest BCUT2D eigenvalue weighted by Crippen LogP contribution is -2.00. The lowest BCUT2D eigenvalue weighted by atomic mass is 9.94. The smallest absolute Gasteiger partial charge is 0.164 e. The Morgan fingerprint density at radius 1 is 0.250 bits per heavy atom. The van der Waals surface area contributed by atoms with Gasteiger partial charge >= 0.3 is 0 Å². The number of benzene rings is 8. The van der Waals surface area contributed by atoms with Crippen molar-refractivity contribution in [1.29, 1.82) is 0 Å². The van der Waals surface area contributed by atoms with E-state index in [4.69, 9.17) is 15.0 Å². The fourth-order valence-corrected chi connectivity index (χ4v) is 7.87. The molecule has 0 spiro atoms. The van der Waals surface area contributed by atoms with Crippen molar-refractivity contribution in [3.05, 3.63) is 211 Å². The molecule has 1 aliphatic carbocycles. The summed E-state index contributed by atoms with van der Waals surface area (Å²) < 4.78 is 0. The predicted octanol–water partition coefficient (Wildman–Crippen LogP) is 13.7. The van der Waals surface area contributed by atoms with E-state index in [1.54, 1.807) is 0 Å². The second-order valence-electron chi connectivity index (χ2n) is 14.0. The van der Waals surface area contributed by atoms with Gasteiger partial charge in [-0.05, 0) is 79.2 Å². The average molecular weight is 718 g/mol. The molecule has 0 unspecified atom stereocenters. The highest BCUT2D eigenvalue weighted by atomic mass is 15.0. The second kappa shape index (κ2) is 14.9. The van der Waals surface area contributed by atoms with Crippen molar-refractivity contribution >= 4 is 0 Å². The van der Waals surface area contributed by atoms with E-state index in [1.807, 2.05) is 36.4 Å². The van der Waals surface area contributed by atoms with Gasteiger partial charge in [-0.1, -0.05) is 202 Å². The van der Waals surface area contributed by atoms with Gasteiger partial charge < -0.3 is 0 Å². The van der Waals surface area contributed by atoms with Crippen LogP contribution < -0.4 is 0 Å². The van der Waals surface area contributed by atoms with E-state index in [-0.39, 0.29) is 7.43 Å². The SMILES string of the molecule is C.c1ccc(-c2ccc(-c3cccc4c3Cc3c(-c5ccc(-c6nc(-c7ccccc7)nc(-c7cccc(-c8ccccc8)c7)n6)cc5)cccc3-4)cc2)cc1. The van der Waals surface area contributed by atoms with Crippen molar-refractivity contribution in [3.8, 4) is 89.8 Å². The van der Waals surface area contributed by atoms with Crippen LogP contribution in [0.5, 0.6) is 0 Å². The molecule has 1 heterocycles. The third-order valence-corrected chi connectivity index (χ3v) is 10.6. The topological polar surface area (TPSA) is 38.7 Å². The van der Waals surface area contributed by atoms with Crippen molar-refractivity contribution < 1.29 is 0 Å². The minimum absolute atomic E-state index is 0. The summed E-state index contributed by atoms with van der Waals surface area (Å²) >= 11 is 0. The van der Waals surface area contributed by atoms with Crippen molar-refractivity contribution in [3.63, 3.8) is 0 Å². The molecule has 3 nitrogen and oxygen atoms in total. The molecule has 0 aliphatic heterocycles. The molecule has 0 N–H and O–H groups in total. The second-order valence-corrected chi connectivity index (χ2v) is 14.0. The van der Waals surface area contributed by atoms with Crippen LogP contribution in [0.1, 0.15) is 18.6 Å². The molecule has 0 bridgehead atoms. The van der Waals surface area contributed by atoms with E-state index in [1.165, 1.54) is 55.6 Å². The molecule has 0 atom stereocenters. The minimum Gasteiger partial charge on any atom is -0.208 e. The van der Waals surface area contributed by atoms with Crippen molar-refractivity contribution in [1.82, 2.24) is 15.0 Å². The Kier molecular flexibility index (Phi) is 9.18. The van der Waals surface area contributed by atoms with E-state index in [0.29, 0.717) is 17.5 Å². The third-order valence-electron chi connectivity index (χ3n) is 10.6. The molecule has 1 aliphatic rings. The summed E-state index contributed by atoms with van der Waals surface area (Å²) in [4.78, 5) is 15.0. The summed E-state index contributed by atoms with van der Waals surface area (Å²) in [5, 5.41) is 0. The Bertz CT molecular complexity index is 2790. The number of nitrogens with zero attached hydrogens (tertiary/aromatic N) is 3. The van der Waals surface area contributed by atoms with Crippen LogP contribution in [0.25, 0.3) is 89.8 Å². The zero-order valence-electron chi connectivity index (χ0n) is 30.1. The third kappa shape index (κ3) is 6.50. The molecular formula is C53H39N3. The highest BCUT2D eigenvalue weighted by Gasteiger charge is 2.24. The van der Waals surface area contributed by atoms with Gasteiger partial charge in [0.05, 0.1) is 0 Å². The summed E-state index contributed by atoms with van der Waals surface area (Å²) in [6.45, 7) is 0. The summed E-state index contributed by atoms with van der Waals surface area (Å²) in [6, 6.07) is 70.7. The summed E-state index contributed by atoms with van der Waals surface area (Å²) in [5.74, 6) is 1.95. The lowest BCUT2D eigenvalue weighted by Gasteiger charge is -2.11. The molecular weight excluding hydrogens is 679 g/mol. The molecule has 0 radical (unpaired) electrons. The number of rotatable bonds is 7. The molecule has 0 fully saturated rings. The van der Waals surface area contributed by atoms with Gasteiger partial charge in [-0.15, -0.1) is 0 Å². The highest BCUT2D eigenvalue weighted by molar-refractivity contribution is 5.90. The van der Waals surface area contributed by atoms with E-state index < -0.39 is 0 Å². The minimum atomic E-state index is 0. The first-order valence-corrected chi connectivity index (χ1v) is 18.7. The van der Waals surface area contributed by atoms with Gasteiger partial charge in [0.1, 0.15) is 0 Å². The number of fused-ring (bicyclic) bond motifs is 3. The van der Waals surface area contributed by atoms with E-state index in [0.717, 1.165) is 34.2 Å². The fraction of sp³-hybridized carbons (Fsp3) is 0.0377. The Morgan fingerprint density at radius 2 is 0.571 bits per heavy atom. The van der Waals surface area contributed by atoms with Gasteiger partial charge in [0.15, 0.2) is 17.5 Å². The Labute approximate surface area is 328 Å². The standard InChI is InChI=1S/C52H35N3.CH4/c1-4-13-35(14-5-1)37-25-27-38(28-26-37)44-21-11-23-46-47-24-12-22-45(49(47)34-48(44)46)39-29-31-41(32-30-39)51-53-50(40-17-8-3-9-18-40)54-52(55-51)43-20-10-19-42(33-43)36-15-6-2-7-16-36;/h1-33H,34H2;1H4. The van der Waals surface area contributed by atoms with Gasteiger partial charge in [-0.2, -0.15) is 0 Å². The molecule has 9 aromatic rings.